The number of aliphatic hydroxyl groups excluding tert-OH is 1. The first-order chi connectivity index (χ1) is 15.0. The monoisotopic (exact) mass is 430 g/mol. The number of nitrogens with one attached hydrogen (secondary N) is 3. The molecular formula is C20H20F2N6O3. The number of carbonyl (C=O) groups excluding carboxylic acids is 1. The van der Waals surface area contributed by atoms with Gasteiger partial charge in [0, 0.05) is 12.2 Å². The molecule has 0 unspecified atom stereocenters. The number of hydrogen-bond acceptors (Lipinski definition) is 7. The Labute approximate surface area is 175 Å². The maximum Gasteiger partial charge on any atom is 0.273 e. The average molecular weight is 430 g/mol. The van der Waals surface area contributed by atoms with Gasteiger partial charge in [-0.15, -0.1) is 0 Å². The van der Waals surface area contributed by atoms with Crippen molar-refractivity contribution < 1.29 is 23.4 Å². The van der Waals surface area contributed by atoms with Crippen LogP contribution >= 0.6 is 0 Å². The molecule has 1 aliphatic heterocycles. The summed E-state index contributed by atoms with van der Waals surface area (Å²) < 4.78 is 33.4. The zero-order chi connectivity index (χ0) is 21.6. The molecule has 2 aliphatic rings. The van der Waals surface area contributed by atoms with Crippen LogP contribution in [0.2, 0.25) is 0 Å². The van der Waals surface area contributed by atoms with E-state index in [1.54, 1.807) is 0 Å². The lowest BCUT2D eigenvalue weighted by Crippen LogP contribution is -2.42. The molecule has 3 heterocycles. The molecule has 4 N–H and O–H groups in total. The van der Waals surface area contributed by atoms with Gasteiger partial charge < -0.3 is 20.5 Å². The van der Waals surface area contributed by atoms with Crippen molar-refractivity contribution in [2.75, 3.05) is 18.5 Å². The largest absolute Gasteiger partial charge is 0.391 e. The fraction of sp³-hybridized carbons (Fsp3) is 0.400. The summed E-state index contributed by atoms with van der Waals surface area (Å²) in [4.78, 5) is 21.4. The maximum atomic E-state index is 14.3. The van der Waals surface area contributed by atoms with E-state index < -0.39 is 35.2 Å². The lowest BCUT2D eigenvalue weighted by atomic mass is 10.0. The van der Waals surface area contributed by atoms with Crippen LogP contribution in [0.25, 0.3) is 11.0 Å². The molecule has 162 valence electrons. The number of aromatic nitrogens is 4. The van der Waals surface area contributed by atoms with Gasteiger partial charge in [-0.05, 0) is 37.5 Å². The highest BCUT2D eigenvalue weighted by Gasteiger charge is 2.48. The minimum atomic E-state index is -0.981. The Hall–Kier alpha value is -3.18. The van der Waals surface area contributed by atoms with E-state index in [-0.39, 0.29) is 17.9 Å². The molecule has 31 heavy (non-hydrogen) atoms. The zero-order valence-electron chi connectivity index (χ0n) is 16.4. The first-order valence-electron chi connectivity index (χ1n) is 9.96. The third-order valence-corrected chi connectivity index (χ3v) is 5.76. The van der Waals surface area contributed by atoms with Crippen LogP contribution in [0, 0.1) is 11.6 Å². The van der Waals surface area contributed by atoms with Crippen LogP contribution < -0.4 is 10.6 Å². The van der Waals surface area contributed by atoms with Crippen LogP contribution in [0.15, 0.2) is 24.5 Å². The quantitative estimate of drug-likeness (QED) is 0.485. The van der Waals surface area contributed by atoms with Crippen molar-refractivity contribution in [2.45, 2.75) is 36.9 Å². The zero-order valence-corrected chi connectivity index (χ0v) is 16.4. The number of rotatable bonds is 5. The molecule has 0 bridgehead atoms. The summed E-state index contributed by atoms with van der Waals surface area (Å²) in [7, 11) is 0. The van der Waals surface area contributed by atoms with Gasteiger partial charge in [-0.3, -0.25) is 9.89 Å². The third kappa shape index (κ3) is 3.59. The van der Waals surface area contributed by atoms with Crippen LogP contribution in [0.5, 0.6) is 0 Å². The fourth-order valence-corrected chi connectivity index (χ4v) is 3.90. The predicted molar refractivity (Wildman–Crippen MR) is 105 cm³/mol. The number of fused-ring (bicyclic) bond motifs is 1. The van der Waals surface area contributed by atoms with E-state index in [2.05, 4.69) is 30.8 Å². The predicted octanol–water partition coefficient (Wildman–Crippen LogP) is 1.61. The number of benzene rings is 1. The SMILES string of the molecule is O=C(NC1(c2cc(F)ccc2F)CC1)c1n[nH]c2ncnc(N[C@@H]3COCC[C@H]3O)c12. The van der Waals surface area contributed by atoms with E-state index in [9.17, 15) is 18.7 Å². The Bertz CT molecular complexity index is 1150. The summed E-state index contributed by atoms with van der Waals surface area (Å²) in [5.74, 6) is -1.40. The number of halogens is 2. The molecule has 2 aromatic heterocycles. The minimum Gasteiger partial charge on any atom is -0.391 e. The second kappa shape index (κ2) is 7.50. The van der Waals surface area contributed by atoms with Crippen molar-refractivity contribution in [2.24, 2.45) is 0 Å². The molecular weight excluding hydrogens is 410 g/mol. The molecule has 11 heteroatoms. The van der Waals surface area contributed by atoms with Gasteiger partial charge in [-0.25, -0.2) is 18.7 Å². The number of aliphatic hydroxyl groups is 1. The third-order valence-electron chi connectivity index (χ3n) is 5.76. The number of nitrogens with zero attached hydrogens (tertiary/aromatic N) is 3. The van der Waals surface area contributed by atoms with Crippen molar-refractivity contribution >= 4 is 22.8 Å². The van der Waals surface area contributed by atoms with Gasteiger partial charge >= 0.3 is 0 Å². The average Bonchev–Trinajstić information content (AvgIpc) is 3.39. The first-order valence-corrected chi connectivity index (χ1v) is 9.96. The van der Waals surface area contributed by atoms with Crippen molar-refractivity contribution in [1.29, 1.82) is 0 Å². The van der Waals surface area contributed by atoms with Crippen molar-refractivity contribution in [3.63, 3.8) is 0 Å². The molecule has 1 aromatic carbocycles. The lowest BCUT2D eigenvalue weighted by molar-refractivity contribution is 0.00308. The van der Waals surface area contributed by atoms with E-state index in [4.69, 9.17) is 4.74 Å². The summed E-state index contributed by atoms with van der Waals surface area (Å²) in [6.07, 6.45) is 2.12. The normalized spacial score (nSPS) is 22.3. The molecule has 0 radical (unpaired) electrons. The molecule has 3 aromatic rings. The molecule has 0 spiro atoms. The number of anilines is 1. The highest BCUT2D eigenvalue weighted by atomic mass is 19.1. The van der Waals surface area contributed by atoms with Crippen LogP contribution in [-0.2, 0) is 10.3 Å². The lowest BCUT2D eigenvalue weighted by Gasteiger charge is -2.28. The Morgan fingerprint density at radius 1 is 1.29 bits per heavy atom. The summed E-state index contributed by atoms with van der Waals surface area (Å²) >= 11 is 0. The summed E-state index contributed by atoms with van der Waals surface area (Å²) in [6, 6.07) is 2.78. The number of amides is 1. The Morgan fingerprint density at radius 2 is 2.13 bits per heavy atom. The smallest absolute Gasteiger partial charge is 0.273 e. The van der Waals surface area contributed by atoms with Crippen LogP contribution in [0.3, 0.4) is 0 Å². The summed E-state index contributed by atoms with van der Waals surface area (Å²) in [5, 5.41) is 23.2. The molecule has 1 aliphatic carbocycles. The topological polar surface area (TPSA) is 125 Å². The molecule has 2 fully saturated rings. The van der Waals surface area contributed by atoms with E-state index >= 15 is 0 Å². The van der Waals surface area contributed by atoms with Gasteiger partial charge in [-0.2, -0.15) is 5.10 Å². The van der Waals surface area contributed by atoms with Crippen LogP contribution in [0.1, 0.15) is 35.3 Å². The first kappa shape index (κ1) is 19.8. The number of hydrogen-bond donors (Lipinski definition) is 4. The van der Waals surface area contributed by atoms with Gasteiger partial charge in [-0.1, -0.05) is 0 Å². The van der Waals surface area contributed by atoms with Gasteiger partial charge in [0.1, 0.15) is 23.8 Å². The highest BCUT2D eigenvalue weighted by molar-refractivity contribution is 6.08. The second-order valence-corrected chi connectivity index (χ2v) is 7.86. The summed E-state index contributed by atoms with van der Waals surface area (Å²) in [6.45, 7) is 0.755. The van der Waals surface area contributed by atoms with E-state index in [1.807, 2.05) is 0 Å². The van der Waals surface area contributed by atoms with E-state index in [1.165, 1.54) is 6.33 Å². The van der Waals surface area contributed by atoms with Gasteiger partial charge in [0.25, 0.3) is 5.91 Å². The standard InChI is InChI=1S/C20H20F2N6O3/c21-10-1-2-12(22)11(7-10)20(4-5-20)26-19(30)16-15-17(23-9-24-18(15)28-27-16)25-13-8-31-6-3-14(13)29/h1-2,7,9,13-14,29H,3-6,8H2,(H,26,30)(H2,23,24,25,27,28)/t13-,14-/m1/s1. The number of ether oxygens (including phenoxy) is 1. The molecule has 1 saturated carbocycles. The Morgan fingerprint density at radius 3 is 2.90 bits per heavy atom. The van der Waals surface area contributed by atoms with Gasteiger partial charge in [0.2, 0.25) is 0 Å². The Balaban J connectivity index is 1.45. The van der Waals surface area contributed by atoms with Crippen LogP contribution in [0.4, 0.5) is 14.6 Å². The van der Waals surface area contributed by atoms with Crippen molar-refractivity contribution in [3.8, 4) is 0 Å². The van der Waals surface area contributed by atoms with Crippen LogP contribution in [-0.4, -0.2) is 56.5 Å². The molecule has 1 amide bonds. The number of carbonyl (C=O) groups is 1. The molecule has 2 atom stereocenters. The van der Waals surface area contributed by atoms with Crippen molar-refractivity contribution in [3.05, 3.63) is 47.4 Å². The van der Waals surface area contributed by atoms with Crippen molar-refractivity contribution in [1.82, 2.24) is 25.5 Å². The number of aromatic amines is 1. The van der Waals surface area contributed by atoms with Gasteiger partial charge in [0.05, 0.1) is 29.7 Å². The molecule has 5 rings (SSSR count). The maximum absolute atomic E-state index is 14.3. The molecule has 9 nitrogen and oxygen atoms in total. The van der Waals surface area contributed by atoms with Gasteiger partial charge in [0.15, 0.2) is 11.3 Å². The van der Waals surface area contributed by atoms with E-state index in [0.29, 0.717) is 42.7 Å². The number of H-pyrrole nitrogens is 1. The molecule has 1 saturated heterocycles. The fourth-order valence-electron chi connectivity index (χ4n) is 3.90. The van der Waals surface area contributed by atoms with E-state index in [0.717, 1.165) is 18.2 Å². The minimum absolute atomic E-state index is 0.0207. The Kier molecular flexibility index (Phi) is 4.78. The second-order valence-electron chi connectivity index (χ2n) is 7.86. The highest BCUT2D eigenvalue weighted by Crippen LogP contribution is 2.47. The summed E-state index contributed by atoms with van der Waals surface area (Å²) in [5.41, 5.74) is -0.522.